The lowest BCUT2D eigenvalue weighted by Crippen LogP contribution is -2.03. The lowest BCUT2D eigenvalue weighted by Gasteiger charge is -2.16. The molecule has 0 saturated carbocycles. The van der Waals surface area contributed by atoms with Crippen LogP contribution < -0.4 is 0 Å². The van der Waals surface area contributed by atoms with Crippen LogP contribution in [0.5, 0.6) is 0 Å². The van der Waals surface area contributed by atoms with Gasteiger partial charge in [0.2, 0.25) is 0 Å². The van der Waals surface area contributed by atoms with Crippen molar-refractivity contribution >= 4 is 12.2 Å². The number of hydrogen-bond acceptors (Lipinski definition) is 2. The Balaban J connectivity index is 2.10. The van der Waals surface area contributed by atoms with Gasteiger partial charge >= 0.3 is 0 Å². The minimum atomic E-state index is 0.665. The van der Waals surface area contributed by atoms with Crippen molar-refractivity contribution < 1.29 is 0 Å². The molecule has 1 aliphatic carbocycles. The zero-order valence-corrected chi connectivity index (χ0v) is 10.7. The highest BCUT2D eigenvalue weighted by Gasteiger charge is 2.12. The minimum absolute atomic E-state index is 0.665. The van der Waals surface area contributed by atoms with Gasteiger partial charge in [0.1, 0.15) is 0 Å². The molecule has 0 amide bonds. The summed E-state index contributed by atoms with van der Waals surface area (Å²) in [6.45, 7) is 0. The first-order valence-corrected chi connectivity index (χ1v) is 6.40. The Kier molecular flexibility index (Phi) is 2.59. The maximum absolute atomic E-state index is 5.14. The summed E-state index contributed by atoms with van der Waals surface area (Å²) in [5.41, 5.74) is 4.12. The lowest BCUT2D eigenvalue weighted by atomic mass is 9.90. The molecule has 1 aliphatic rings. The van der Waals surface area contributed by atoms with E-state index in [9.17, 15) is 0 Å². The van der Waals surface area contributed by atoms with Gasteiger partial charge < -0.3 is 4.57 Å². The first kappa shape index (κ1) is 10.7. The number of aromatic nitrogens is 3. The highest BCUT2D eigenvalue weighted by Crippen LogP contribution is 2.26. The SMILES string of the molecule is Cn1c(-c2ccc3c(c2)CCCC3)n[nH]c1=S. The number of benzene rings is 1. The molecular formula is C13H15N3S. The van der Waals surface area contributed by atoms with Crippen molar-refractivity contribution in [2.24, 2.45) is 7.05 Å². The molecular weight excluding hydrogens is 230 g/mol. The Hall–Kier alpha value is -1.42. The van der Waals surface area contributed by atoms with E-state index < -0.39 is 0 Å². The predicted molar refractivity (Wildman–Crippen MR) is 70.5 cm³/mol. The van der Waals surface area contributed by atoms with Gasteiger partial charge in [0.05, 0.1) is 0 Å². The summed E-state index contributed by atoms with van der Waals surface area (Å²) in [5, 5.41) is 7.11. The normalized spacial score (nSPS) is 14.6. The summed E-state index contributed by atoms with van der Waals surface area (Å²) >= 11 is 5.14. The summed E-state index contributed by atoms with van der Waals surface area (Å²) in [6.07, 6.45) is 5.03. The van der Waals surface area contributed by atoms with E-state index in [1.807, 2.05) is 11.6 Å². The number of hydrogen-bond donors (Lipinski definition) is 1. The Morgan fingerprint density at radius 2 is 2.00 bits per heavy atom. The van der Waals surface area contributed by atoms with Gasteiger partial charge in [0.25, 0.3) is 0 Å². The largest absolute Gasteiger partial charge is 0.303 e. The van der Waals surface area contributed by atoms with E-state index in [0.29, 0.717) is 4.77 Å². The molecule has 2 aromatic rings. The van der Waals surface area contributed by atoms with Crippen LogP contribution in [-0.2, 0) is 19.9 Å². The molecule has 17 heavy (non-hydrogen) atoms. The van der Waals surface area contributed by atoms with Crippen LogP contribution in [0.25, 0.3) is 11.4 Å². The topological polar surface area (TPSA) is 33.6 Å². The standard InChI is InChI=1S/C13H15N3S/c1-16-12(14-15-13(16)17)11-7-6-9-4-2-3-5-10(9)8-11/h6-8H,2-5H2,1H3,(H,15,17). The van der Waals surface area contributed by atoms with Gasteiger partial charge in [0, 0.05) is 12.6 Å². The van der Waals surface area contributed by atoms with E-state index in [2.05, 4.69) is 28.4 Å². The fraction of sp³-hybridized carbons (Fsp3) is 0.385. The van der Waals surface area contributed by atoms with Gasteiger partial charge in [-0.1, -0.05) is 12.1 Å². The number of aromatic amines is 1. The lowest BCUT2D eigenvalue weighted by molar-refractivity contribution is 0.685. The molecule has 0 aliphatic heterocycles. The maximum Gasteiger partial charge on any atom is 0.195 e. The van der Waals surface area contributed by atoms with Crippen LogP contribution in [0.2, 0.25) is 0 Å². The zero-order chi connectivity index (χ0) is 11.8. The first-order chi connectivity index (χ1) is 8.25. The van der Waals surface area contributed by atoms with Crippen LogP contribution in [0.3, 0.4) is 0 Å². The summed E-state index contributed by atoms with van der Waals surface area (Å²) < 4.78 is 2.58. The molecule has 1 N–H and O–H groups in total. The van der Waals surface area contributed by atoms with Gasteiger partial charge in [-0.3, -0.25) is 5.10 Å². The quantitative estimate of drug-likeness (QED) is 0.783. The second kappa shape index (κ2) is 4.11. The number of aryl methyl sites for hydroxylation is 2. The maximum atomic E-state index is 5.14. The molecule has 0 radical (unpaired) electrons. The van der Waals surface area contributed by atoms with Crippen LogP contribution in [0.15, 0.2) is 18.2 Å². The van der Waals surface area contributed by atoms with Gasteiger partial charge in [-0.2, -0.15) is 5.10 Å². The Morgan fingerprint density at radius 1 is 1.24 bits per heavy atom. The smallest absolute Gasteiger partial charge is 0.195 e. The summed E-state index contributed by atoms with van der Waals surface area (Å²) in [7, 11) is 1.95. The summed E-state index contributed by atoms with van der Waals surface area (Å²) in [5.74, 6) is 0.920. The molecule has 88 valence electrons. The number of rotatable bonds is 1. The van der Waals surface area contributed by atoms with Gasteiger partial charge in [-0.25, -0.2) is 0 Å². The molecule has 0 saturated heterocycles. The average Bonchev–Trinajstić information content (AvgIpc) is 2.70. The average molecular weight is 245 g/mol. The molecule has 1 heterocycles. The molecule has 4 heteroatoms. The molecule has 0 bridgehead atoms. The molecule has 3 rings (SSSR count). The van der Waals surface area contributed by atoms with Crippen LogP contribution in [0.4, 0.5) is 0 Å². The minimum Gasteiger partial charge on any atom is -0.303 e. The molecule has 1 aromatic carbocycles. The number of nitrogens with one attached hydrogen (secondary N) is 1. The third kappa shape index (κ3) is 1.82. The molecule has 3 nitrogen and oxygen atoms in total. The fourth-order valence-electron chi connectivity index (χ4n) is 2.48. The van der Waals surface area contributed by atoms with Crippen molar-refractivity contribution in [3.05, 3.63) is 34.1 Å². The van der Waals surface area contributed by atoms with E-state index in [1.54, 1.807) is 0 Å². The van der Waals surface area contributed by atoms with Crippen molar-refractivity contribution in [3.63, 3.8) is 0 Å². The first-order valence-electron chi connectivity index (χ1n) is 5.99. The van der Waals surface area contributed by atoms with Crippen molar-refractivity contribution in [3.8, 4) is 11.4 Å². The van der Waals surface area contributed by atoms with E-state index >= 15 is 0 Å². The molecule has 1 aromatic heterocycles. The van der Waals surface area contributed by atoms with Crippen molar-refractivity contribution in [2.45, 2.75) is 25.7 Å². The summed E-state index contributed by atoms with van der Waals surface area (Å²) in [4.78, 5) is 0. The number of fused-ring (bicyclic) bond motifs is 1. The third-order valence-corrected chi connectivity index (χ3v) is 3.85. The number of nitrogens with zero attached hydrogens (tertiary/aromatic N) is 2. The predicted octanol–water partition coefficient (Wildman–Crippen LogP) is 3.02. The Morgan fingerprint density at radius 3 is 2.71 bits per heavy atom. The van der Waals surface area contributed by atoms with E-state index in [4.69, 9.17) is 12.2 Å². The molecule has 0 fully saturated rings. The molecule has 0 spiro atoms. The monoisotopic (exact) mass is 245 g/mol. The number of H-pyrrole nitrogens is 1. The van der Waals surface area contributed by atoms with Crippen molar-refractivity contribution in [2.75, 3.05) is 0 Å². The summed E-state index contributed by atoms with van der Waals surface area (Å²) in [6, 6.07) is 6.65. The van der Waals surface area contributed by atoms with Crippen LogP contribution in [0.1, 0.15) is 24.0 Å². The highest BCUT2D eigenvalue weighted by atomic mass is 32.1. The van der Waals surface area contributed by atoms with Gasteiger partial charge in [0.15, 0.2) is 10.6 Å². The van der Waals surface area contributed by atoms with Crippen molar-refractivity contribution in [1.29, 1.82) is 0 Å². The van der Waals surface area contributed by atoms with Crippen LogP contribution >= 0.6 is 12.2 Å². The van der Waals surface area contributed by atoms with Crippen molar-refractivity contribution in [1.82, 2.24) is 14.8 Å². The van der Waals surface area contributed by atoms with E-state index in [1.165, 1.54) is 36.8 Å². The second-order valence-corrected chi connectivity index (χ2v) is 4.99. The molecule has 0 atom stereocenters. The van der Waals surface area contributed by atoms with Crippen LogP contribution in [0, 0.1) is 4.77 Å². The van der Waals surface area contributed by atoms with Crippen LogP contribution in [-0.4, -0.2) is 14.8 Å². The Bertz CT molecular complexity index is 609. The van der Waals surface area contributed by atoms with Gasteiger partial charge in [-0.15, -0.1) is 0 Å². The van der Waals surface area contributed by atoms with Gasteiger partial charge in [-0.05, 0) is 55.1 Å². The third-order valence-electron chi connectivity index (χ3n) is 3.49. The highest BCUT2D eigenvalue weighted by molar-refractivity contribution is 7.71. The van der Waals surface area contributed by atoms with E-state index in [-0.39, 0.29) is 0 Å². The Labute approximate surface area is 105 Å². The van der Waals surface area contributed by atoms with E-state index in [0.717, 1.165) is 11.4 Å². The zero-order valence-electron chi connectivity index (χ0n) is 9.86. The second-order valence-electron chi connectivity index (χ2n) is 4.60. The molecule has 0 unspecified atom stereocenters. The fourth-order valence-corrected chi connectivity index (χ4v) is 2.61.